The molecule has 0 unspecified atom stereocenters. The average Bonchev–Trinajstić information content (AvgIpc) is 3.39. The van der Waals surface area contributed by atoms with Gasteiger partial charge in [-0.2, -0.15) is 13.1 Å². The van der Waals surface area contributed by atoms with E-state index < -0.39 is 82.8 Å². The number of aliphatic hydroxyl groups is 2. The first kappa shape index (κ1) is 27.1. The van der Waals surface area contributed by atoms with Gasteiger partial charge in [0.15, 0.2) is 0 Å². The first-order valence-electron chi connectivity index (χ1n) is 11.3. The van der Waals surface area contributed by atoms with Gasteiger partial charge in [-0.1, -0.05) is 0 Å². The smallest absolute Gasteiger partial charge is 0.336 e. The number of aliphatic hydroxyl groups excluding tert-OH is 2. The first-order valence-corrected chi connectivity index (χ1v) is 12.7. The van der Waals surface area contributed by atoms with Gasteiger partial charge in [0, 0.05) is 36.4 Å². The molecule has 204 valence electrons. The van der Waals surface area contributed by atoms with E-state index in [2.05, 4.69) is 14.7 Å². The van der Waals surface area contributed by atoms with Crippen molar-refractivity contribution in [1.82, 2.24) is 23.8 Å². The van der Waals surface area contributed by atoms with E-state index in [4.69, 9.17) is 13.7 Å². The van der Waals surface area contributed by atoms with Crippen molar-refractivity contribution in [3.05, 3.63) is 65.2 Å². The highest BCUT2D eigenvalue weighted by molar-refractivity contribution is 7.84. The van der Waals surface area contributed by atoms with Crippen LogP contribution in [0, 0.1) is 13.8 Å². The van der Waals surface area contributed by atoms with Gasteiger partial charge in [-0.25, -0.2) is 9.59 Å². The Labute approximate surface area is 208 Å². The minimum atomic E-state index is -4.45. The van der Waals surface area contributed by atoms with Crippen LogP contribution in [0.5, 0.6) is 0 Å². The number of ether oxygens (including phenoxy) is 2. The summed E-state index contributed by atoms with van der Waals surface area (Å²) in [6.45, 7) is 1.81. The molecule has 16 nitrogen and oxygen atoms in total. The molecule has 37 heavy (non-hydrogen) atoms. The molecule has 17 heteroatoms. The summed E-state index contributed by atoms with van der Waals surface area (Å²) in [5.41, 5.74) is -2.13. The van der Waals surface area contributed by atoms with Crippen molar-refractivity contribution in [2.45, 2.75) is 63.5 Å². The molecule has 2 aromatic heterocycles. The van der Waals surface area contributed by atoms with Crippen LogP contribution in [0.4, 0.5) is 0 Å². The van der Waals surface area contributed by atoms with E-state index in [1.165, 1.54) is 26.2 Å². The topological polar surface area (TPSA) is 224 Å². The summed E-state index contributed by atoms with van der Waals surface area (Å²) in [5.74, 6) is 0. The van der Waals surface area contributed by atoms with Gasteiger partial charge in [-0.3, -0.25) is 32.9 Å². The second-order valence-corrected chi connectivity index (χ2v) is 10.3. The highest BCUT2D eigenvalue weighted by Crippen LogP contribution is 2.30. The molecule has 2 aliphatic rings. The van der Waals surface area contributed by atoms with Crippen molar-refractivity contribution >= 4 is 10.3 Å². The fraction of sp³-hybridized carbons (Fsp3) is 0.600. The third-order valence-corrected chi connectivity index (χ3v) is 7.25. The van der Waals surface area contributed by atoms with Crippen molar-refractivity contribution in [3.8, 4) is 0 Å². The van der Waals surface area contributed by atoms with E-state index in [-0.39, 0.29) is 24.0 Å². The summed E-state index contributed by atoms with van der Waals surface area (Å²) in [5, 5.41) is 20.0. The van der Waals surface area contributed by atoms with Gasteiger partial charge < -0.3 is 19.7 Å². The van der Waals surface area contributed by atoms with Crippen LogP contribution in [0.3, 0.4) is 0 Å². The molecule has 0 amide bonds. The van der Waals surface area contributed by atoms with Crippen LogP contribution in [0.2, 0.25) is 0 Å². The molecule has 0 aromatic carbocycles. The quantitative estimate of drug-likeness (QED) is 0.223. The minimum absolute atomic E-state index is 0.0506. The van der Waals surface area contributed by atoms with Crippen LogP contribution in [0.15, 0.2) is 31.6 Å². The van der Waals surface area contributed by atoms with Gasteiger partial charge in [-0.05, 0) is 13.8 Å². The van der Waals surface area contributed by atoms with E-state index in [9.17, 15) is 37.8 Å². The molecule has 0 saturated carbocycles. The van der Waals surface area contributed by atoms with Gasteiger partial charge in [0.05, 0.1) is 31.5 Å². The zero-order valence-electron chi connectivity index (χ0n) is 19.8. The number of H-pyrrole nitrogens is 2. The van der Waals surface area contributed by atoms with Crippen LogP contribution in [0.1, 0.15) is 36.4 Å². The average molecular weight is 546 g/mol. The zero-order valence-corrected chi connectivity index (χ0v) is 20.6. The molecule has 0 bridgehead atoms. The van der Waals surface area contributed by atoms with E-state index in [0.29, 0.717) is 0 Å². The number of nitrogens with zero attached hydrogens (tertiary/aromatic N) is 2. The predicted molar refractivity (Wildman–Crippen MR) is 124 cm³/mol. The summed E-state index contributed by atoms with van der Waals surface area (Å²) >= 11 is 0. The Balaban J connectivity index is 1.39. The molecule has 2 aliphatic heterocycles. The molecular weight excluding hydrogens is 518 g/mol. The summed E-state index contributed by atoms with van der Waals surface area (Å²) in [6, 6.07) is -0.982. The minimum Gasteiger partial charge on any atom is -0.394 e. The fourth-order valence-corrected chi connectivity index (χ4v) is 5.21. The maximum atomic E-state index is 12.6. The lowest BCUT2D eigenvalue weighted by Gasteiger charge is -2.19. The SMILES string of the molecule is Cc1cn([C@H]2C[C@H](NS(=O)(=O)OC[C@H]3O[C@@H](n4cc(C)c(=O)[nH]c4=O)C[C@@H]3O)[C@@H](CO)O2)c(=O)[nH]c1=O. The number of nitrogens with one attached hydrogen (secondary N) is 3. The number of aromatic nitrogens is 4. The maximum absolute atomic E-state index is 12.6. The Hall–Kier alpha value is -2.93. The van der Waals surface area contributed by atoms with Crippen LogP contribution >= 0.6 is 0 Å². The third kappa shape index (κ3) is 5.82. The largest absolute Gasteiger partial charge is 0.394 e. The van der Waals surface area contributed by atoms with Crippen LogP contribution in [0.25, 0.3) is 0 Å². The highest BCUT2D eigenvalue weighted by atomic mass is 32.2. The lowest BCUT2D eigenvalue weighted by Crippen LogP contribution is -2.43. The van der Waals surface area contributed by atoms with E-state index in [1.807, 2.05) is 0 Å². The second-order valence-electron chi connectivity index (χ2n) is 8.90. The summed E-state index contributed by atoms with van der Waals surface area (Å²) in [7, 11) is -4.45. The van der Waals surface area contributed by atoms with Gasteiger partial charge in [0.2, 0.25) is 0 Å². The molecule has 2 aromatic rings. The number of hydrogen-bond donors (Lipinski definition) is 5. The van der Waals surface area contributed by atoms with E-state index >= 15 is 0 Å². The van der Waals surface area contributed by atoms with Gasteiger partial charge in [0.25, 0.3) is 11.1 Å². The normalized spacial score (nSPS) is 28.1. The van der Waals surface area contributed by atoms with Crippen LogP contribution in [-0.2, 0) is 24.0 Å². The molecule has 0 aliphatic carbocycles. The third-order valence-electron chi connectivity index (χ3n) is 6.22. The van der Waals surface area contributed by atoms with Crippen molar-refractivity contribution in [3.63, 3.8) is 0 Å². The van der Waals surface area contributed by atoms with Gasteiger partial charge in [0.1, 0.15) is 18.6 Å². The molecule has 4 heterocycles. The predicted octanol–water partition coefficient (Wildman–Crippen LogP) is -3.15. The Morgan fingerprint density at radius 2 is 1.49 bits per heavy atom. The molecule has 6 atom stereocenters. The zero-order chi connectivity index (χ0) is 27.1. The number of hydrogen-bond acceptors (Lipinski definition) is 11. The monoisotopic (exact) mass is 545 g/mol. The Bertz CT molecular complexity index is 1490. The van der Waals surface area contributed by atoms with Crippen molar-refractivity contribution in [1.29, 1.82) is 0 Å². The number of rotatable bonds is 8. The summed E-state index contributed by atoms with van der Waals surface area (Å²) in [6.07, 6.45) is -2.77. The first-order chi connectivity index (χ1) is 17.4. The Morgan fingerprint density at radius 1 is 0.973 bits per heavy atom. The maximum Gasteiger partial charge on any atom is 0.336 e. The molecule has 0 spiro atoms. The lowest BCUT2D eigenvalue weighted by molar-refractivity contribution is -0.0407. The van der Waals surface area contributed by atoms with E-state index in [0.717, 1.165) is 9.13 Å². The number of aromatic amines is 2. The molecule has 0 radical (unpaired) electrons. The van der Waals surface area contributed by atoms with Crippen molar-refractivity contribution < 1.29 is 32.3 Å². The molecular formula is C20H27N5O11S. The van der Waals surface area contributed by atoms with Crippen molar-refractivity contribution in [2.75, 3.05) is 13.2 Å². The van der Waals surface area contributed by atoms with Crippen molar-refractivity contribution in [2.24, 2.45) is 0 Å². The van der Waals surface area contributed by atoms with Gasteiger partial charge >= 0.3 is 21.7 Å². The van der Waals surface area contributed by atoms with Gasteiger partial charge in [-0.15, -0.1) is 0 Å². The van der Waals surface area contributed by atoms with Crippen LogP contribution < -0.4 is 27.2 Å². The molecule has 5 N–H and O–H groups in total. The standard InChI is InChI=1S/C20H27N5O11S/c1-9-5-24(19(30)21-17(9)28)15-3-11(13(7-26)35-15)23-37(32,33)34-8-14-12(27)4-16(36-14)25-6-10(2)18(29)22-20(25)31/h5-6,11-16,23,26-27H,3-4,7-8H2,1-2H3,(H,21,28,30)(H,22,29,31)/t11-,12-,13+,14+,15+,16+/m0/s1. The molecule has 4 rings (SSSR count). The Kier molecular flexibility index (Phi) is 7.65. The van der Waals surface area contributed by atoms with Crippen LogP contribution in [-0.4, -0.2) is 75.3 Å². The van der Waals surface area contributed by atoms with E-state index in [1.54, 1.807) is 0 Å². The fourth-order valence-electron chi connectivity index (χ4n) is 4.21. The molecule has 2 saturated heterocycles. The summed E-state index contributed by atoms with van der Waals surface area (Å²) < 4.78 is 45.8. The molecule has 2 fully saturated rings. The lowest BCUT2D eigenvalue weighted by atomic mass is 10.1. The second kappa shape index (κ2) is 10.4. The highest BCUT2D eigenvalue weighted by Gasteiger charge is 2.40. The number of aryl methyl sites for hydroxylation is 2. The Morgan fingerprint density at radius 3 is 2.03 bits per heavy atom. The summed E-state index contributed by atoms with van der Waals surface area (Å²) in [4.78, 5) is 51.7.